The number of aliphatic hydroxyl groups is 2. The van der Waals surface area contributed by atoms with E-state index in [9.17, 15) is 15.0 Å². The molecule has 0 saturated carbocycles. The zero-order chi connectivity index (χ0) is 24.3. The third-order valence-corrected chi connectivity index (χ3v) is 7.00. The minimum Gasteiger partial charge on any atom is -0.449 e. The van der Waals surface area contributed by atoms with Gasteiger partial charge in [0.2, 0.25) is 5.66 Å². The maximum Gasteiger partial charge on any atom is 0.346 e. The summed E-state index contributed by atoms with van der Waals surface area (Å²) in [4.78, 5) is 17.6. The number of carbonyl (C=O) groups excluding carboxylic acids is 1. The molecule has 0 amide bonds. The van der Waals surface area contributed by atoms with Crippen LogP contribution < -0.4 is 22.1 Å². The molecule has 0 unspecified atom stereocenters. The summed E-state index contributed by atoms with van der Waals surface area (Å²) in [5.74, 6) is -3.04. The molecule has 178 valence electrons. The third kappa shape index (κ3) is 2.99. The average molecular weight is 466 g/mol. The van der Waals surface area contributed by atoms with E-state index < -0.39 is 35.6 Å². The topological polar surface area (TPSA) is 158 Å². The molecule has 10 nitrogen and oxygen atoms in total. The van der Waals surface area contributed by atoms with E-state index in [0.717, 1.165) is 5.56 Å². The fourth-order valence-corrected chi connectivity index (χ4v) is 5.40. The van der Waals surface area contributed by atoms with Gasteiger partial charge in [0.1, 0.15) is 18.1 Å². The number of rotatable bonds is 4. The van der Waals surface area contributed by atoms with E-state index in [0.29, 0.717) is 17.5 Å². The van der Waals surface area contributed by atoms with Crippen LogP contribution in [-0.4, -0.2) is 62.3 Å². The van der Waals surface area contributed by atoms with Crippen molar-refractivity contribution in [2.24, 2.45) is 16.5 Å². The maximum atomic E-state index is 13.1. The number of hydrogen-bond acceptors (Lipinski definition) is 9. The highest BCUT2D eigenvalue weighted by atomic mass is 16.6. The molecule has 5 atom stereocenters. The van der Waals surface area contributed by atoms with Gasteiger partial charge >= 0.3 is 11.9 Å². The summed E-state index contributed by atoms with van der Waals surface area (Å²) in [5.41, 5.74) is 12.9. The predicted molar refractivity (Wildman–Crippen MR) is 125 cm³/mol. The molecule has 0 radical (unpaired) electrons. The number of guanidine groups is 2. The van der Waals surface area contributed by atoms with E-state index in [1.165, 1.54) is 0 Å². The predicted octanol–water partition coefficient (Wildman–Crippen LogP) is -0.352. The number of ether oxygens (including phenoxy) is 1. The van der Waals surface area contributed by atoms with Crippen molar-refractivity contribution in [1.82, 2.24) is 10.6 Å². The van der Waals surface area contributed by atoms with E-state index in [2.05, 4.69) is 15.6 Å². The first kappa shape index (κ1) is 22.2. The molecule has 1 fully saturated rings. The summed E-state index contributed by atoms with van der Waals surface area (Å²) in [7, 11) is 0. The Morgan fingerprint density at radius 3 is 2.47 bits per heavy atom. The molecular formula is C24H29N6O4+. The average Bonchev–Trinajstić information content (AvgIpc) is 3.27. The van der Waals surface area contributed by atoms with Gasteiger partial charge in [0, 0.05) is 0 Å². The van der Waals surface area contributed by atoms with Crippen molar-refractivity contribution in [2.45, 2.75) is 55.9 Å². The van der Waals surface area contributed by atoms with Gasteiger partial charge in [0.15, 0.2) is 12.1 Å². The molecule has 5 rings (SSSR count). The number of nitrogens with two attached hydrogens (primary N) is 2. The van der Waals surface area contributed by atoms with Crippen LogP contribution in [0.5, 0.6) is 0 Å². The van der Waals surface area contributed by atoms with Crippen LogP contribution in [0.1, 0.15) is 40.9 Å². The van der Waals surface area contributed by atoms with Gasteiger partial charge in [-0.05, 0) is 31.0 Å². The summed E-state index contributed by atoms with van der Waals surface area (Å²) in [6.07, 6.45) is -0.824. The van der Waals surface area contributed by atoms with Crippen LogP contribution >= 0.6 is 0 Å². The van der Waals surface area contributed by atoms with Crippen LogP contribution in [0.25, 0.3) is 0 Å². The molecule has 2 aromatic carbocycles. The van der Waals surface area contributed by atoms with Crippen LogP contribution in [0, 0.1) is 6.92 Å². The standard InChI is InChI=1S/C24H28N6O4/c1-3-16-18-23(29-21(25)28-18)24(32,33)19(34-20(31)15-11-9-13(2)10-12-15)17(30(23)22(26)27-16)14-7-5-4-6-8-14/h4-12,16-19,32-33H,3H2,1-2H3,(H5,25,26,27,28,29)/p+1/t16-,17-,18-,19-,23-/m0/s1. The Morgan fingerprint density at radius 1 is 1.15 bits per heavy atom. The van der Waals surface area contributed by atoms with E-state index in [1.54, 1.807) is 28.8 Å². The molecule has 3 aliphatic rings. The van der Waals surface area contributed by atoms with Gasteiger partial charge in [-0.3, -0.25) is 11.1 Å². The SMILES string of the molecule is CC[C@@H]1NC(N)=[N+]2[C@@H](c3ccccc3)[C@H](OC(=O)c3ccc(C)cc3)C(O)(O)[C@@]23NC(N)=N[C@@H]13. The van der Waals surface area contributed by atoms with Crippen LogP contribution in [0.3, 0.4) is 0 Å². The highest BCUT2D eigenvalue weighted by Crippen LogP contribution is 2.51. The minimum absolute atomic E-state index is 0.0507. The summed E-state index contributed by atoms with van der Waals surface area (Å²) in [6.45, 7) is 3.85. The highest BCUT2D eigenvalue weighted by Gasteiger charge is 2.79. The van der Waals surface area contributed by atoms with Gasteiger partial charge in [-0.25, -0.2) is 14.4 Å². The first-order chi connectivity index (χ1) is 16.2. The fraction of sp³-hybridized carbons (Fsp3) is 0.375. The normalized spacial score (nSPS) is 31.1. The lowest BCUT2D eigenvalue weighted by atomic mass is 9.84. The molecule has 1 spiro atoms. The molecule has 3 aliphatic heterocycles. The lowest BCUT2D eigenvalue weighted by Gasteiger charge is -2.43. The Hall–Kier alpha value is -3.63. The number of hydrogen-bond donors (Lipinski definition) is 6. The van der Waals surface area contributed by atoms with Gasteiger partial charge < -0.3 is 26.0 Å². The van der Waals surface area contributed by atoms with E-state index in [4.69, 9.17) is 16.2 Å². The summed E-state index contributed by atoms with van der Waals surface area (Å²) in [5, 5.41) is 29.8. The second kappa shape index (κ2) is 7.71. The molecule has 0 aliphatic carbocycles. The Morgan fingerprint density at radius 2 is 1.82 bits per heavy atom. The van der Waals surface area contributed by atoms with Gasteiger partial charge in [-0.1, -0.05) is 55.0 Å². The Labute approximate surface area is 196 Å². The molecule has 1 saturated heterocycles. The van der Waals surface area contributed by atoms with E-state index >= 15 is 0 Å². The lowest BCUT2D eigenvalue weighted by Crippen LogP contribution is -2.78. The van der Waals surface area contributed by atoms with Crippen LogP contribution in [0.15, 0.2) is 59.6 Å². The number of nitrogens with one attached hydrogen (secondary N) is 2. The summed E-state index contributed by atoms with van der Waals surface area (Å²) in [6, 6.07) is 14.1. The number of aryl methyl sites for hydroxylation is 1. The largest absolute Gasteiger partial charge is 0.449 e. The minimum atomic E-state index is -2.61. The number of esters is 1. The van der Waals surface area contributed by atoms with Crippen molar-refractivity contribution in [3.63, 3.8) is 0 Å². The zero-order valence-corrected chi connectivity index (χ0v) is 19.0. The number of benzene rings is 2. The molecule has 0 aromatic heterocycles. The molecule has 34 heavy (non-hydrogen) atoms. The van der Waals surface area contributed by atoms with Crippen LogP contribution in [0.2, 0.25) is 0 Å². The highest BCUT2D eigenvalue weighted by molar-refractivity contribution is 5.90. The monoisotopic (exact) mass is 465 g/mol. The molecule has 0 bridgehead atoms. The third-order valence-electron chi connectivity index (χ3n) is 7.00. The summed E-state index contributed by atoms with van der Waals surface area (Å²) < 4.78 is 7.46. The van der Waals surface area contributed by atoms with Gasteiger partial charge in [0.25, 0.3) is 5.79 Å². The second-order valence-corrected chi connectivity index (χ2v) is 9.04. The first-order valence-electron chi connectivity index (χ1n) is 11.3. The fourth-order valence-electron chi connectivity index (χ4n) is 5.40. The molecular weight excluding hydrogens is 436 g/mol. The van der Waals surface area contributed by atoms with Crippen molar-refractivity contribution in [3.8, 4) is 0 Å². The van der Waals surface area contributed by atoms with Crippen molar-refractivity contribution in [3.05, 3.63) is 71.3 Å². The molecule has 3 heterocycles. The Kier molecular flexibility index (Phi) is 5.03. The Bertz CT molecular complexity index is 1180. The van der Waals surface area contributed by atoms with Crippen molar-refractivity contribution in [2.75, 3.05) is 0 Å². The van der Waals surface area contributed by atoms with Crippen LogP contribution in [0.4, 0.5) is 0 Å². The Balaban J connectivity index is 1.67. The zero-order valence-electron chi connectivity index (χ0n) is 19.0. The quantitative estimate of drug-likeness (QED) is 0.203. The van der Waals surface area contributed by atoms with Crippen molar-refractivity contribution >= 4 is 17.9 Å². The van der Waals surface area contributed by atoms with Gasteiger partial charge in [-0.15, -0.1) is 0 Å². The first-order valence-corrected chi connectivity index (χ1v) is 11.3. The smallest absolute Gasteiger partial charge is 0.346 e. The number of carbonyl (C=O) groups is 1. The summed E-state index contributed by atoms with van der Waals surface area (Å²) >= 11 is 0. The van der Waals surface area contributed by atoms with Gasteiger partial charge in [-0.2, -0.15) is 0 Å². The molecule has 10 heteroatoms. The lowest BCUT2D eigenvalue weighted by molar-refractivity contribution is -0.654. The van der Waals surface area contributed by atoms with Crippen molar-refractivity contribution < 1.29 is 24.3 Å². The van der Waals surface area contributed by atoms with E-state index in [-0.39, 0.29) is 18.0 Å². The maximum absolute atomic E-state index is 13.1. The van der Waals surface area contributed by atoms with Crippen LogP contribution in [-0.2, 0) is 4.74 Å². The van der Waals surface area contributed by atoms with Crippen molar-refractivity contribution in [1.29, 1.82) is 0 Å². The van der Waals surface area contributed by atoms with Gasteiger partial charge in [0.05, 0.1) is 5.56 Å². The molecule has 8 N–H and O–H groups in total. The number of nitrogens with zero attached hydrogens (tertiary/aromatic N) is 2. The molecule has 2 aromatic rings. The van der Waals surface area contributed by atoms with E-state index in [1.807, 2.05) is 44.2 Å². The second-order valence-electron chi connectivity index (χ2n) is 9.04. The number of aliphatic imine (C=N–C) groups is 1.